The highest BCUT2D eigenvalue weighted by Gasteiger charge is 2.38. The first-order chi connectivity index (χ1) is 22.1. The lowest BCUT2D eigenvalue weighted by Crippen LogP contribution is -2.17. The summed E-state index contributed by atoms with van der Waals surface area (Å²) < 4.78 is 5.00. The van der Waals surface area contributed by atoms with Crippen molar-refractivity contribution in [2.45, 2.75) is 19.3 Å². The molecule has 0 spiro atoms. The zero-order valence-electron chi connectivity index (χ0n) is 25.3. The van der Waals surface area contributed by atoms with Crippen LogP contribution >= 0.6 is 0 Å². The van der Waals surface area contributed by atoms with E-state index in [1.54, 1.807) is 0 Å². The van der Waals surface area contributed by atoms with Gasteiger partial charge in [-0.05, 0) is 64.0 Å². The Morgan fingerprint density at radius 3 is 1.96 bits per heavy atom. The smallest absolute Gasteiger partial charge is 0.0626 e. The van der Waals surface area contributed by atoms with Crippen LogP contribution in [0.1, 0.15) is 25.0 Å². The van der Waals surface area contributed by atoms with Crippen LogP contribution in [0.3, 0.4) is 0 Å². The van der Waals surface area contributed by atoms with Gasteiger partial charge >= 0.3 is 0 Å². The highest BCUT2D eigenvalue weighted by molar-refractivity contribution is 6.30. The van der Waals surface area contributed by atoms with Crippen molar-refractivity contribution >= 4 is 54.4 Å². The van der Waals surface area contributed by atoms with Crippen molar-refractivity contribution < 1.29 is 0 Å². The van der Waals surface area contributed by atoms with E-state index in [0.29, 0.717) is 0 Å². The van der Waals surface area contributed by atoms with E-state index in [4.69, 9.17) is 0 Å². The molecule has 7 aromatic carbocycles. The van der Waals surface area contributed by atoms with Gasteiger partial charge in [0, 0.05) is 38.0 Å². The molecular weight excluding hydrogens is 544 g/mol. The zero-order valence-corrected chi connectivity index (χ0v) is 25.3. The molecule has 0 atom stereocenters. The van der Waals surface area contributed by atoms with Crippen molar-refractivity contribution in [3.63, 3.8) is 0 Å². The van der Waals surface area contributed by atoms with Crippen LogP contribution in [0.4, 0.5) is 0 Å². The Labute approximate surface area is 261 Å². The summed E-state index contributed by atoms with van der Waals surface area (Å²) in [5, 5.41) is 7.70. The molecule has 9 aromatic rings. The maximum atomic E-state index is 2.53. The van der Waals surface area contributed by atoms with Gasteiger partial charge in [0.1, 0.15) is 0 Å². The normalized spacial score (nSPS) is 13.7. The van der Waals surface area contributed by atoms with Gasteiger partial charge in [0.25, 0.3) is 0 Å². The summed E-state index contributed by atoms with van der Waals surface area (Å²) in [4.78, 5) is 0. The summed E-state index contributed by atoms with van der Waals surface area (Å²) in [6, 6.07) is 53.7. The number of aromatic nitrogens is 2. The van der Waals surface area contributed by atoms with Crippen LogP contribution in [0, 0.1) is 0 Å². The number of para-hydroxylation sites is 3. The van der Waals surface area contributed by atoms with Gasteiger partial charge in [-0.3, -0.25) is 0 Å². The molecule has 45 heavy (non-hydrogen) atoms. The van der Waals surface area contributed by atoms with E-state index in [9.17, 15) is 0 Å². The molecule has 1 aliphatic carbocycles. The molecule has 2 heterocycles. The van der Waals surface area contributed by atoms with E-state index in [-0.39, 0.29) is 5.41 Å². The number of fused-ring (bicyclic) bond motifs is 12. The first-order valence-electron chi connectivity index (χ1n) is 15.8. The molecule has 0 N–H and O–H groups in total. The molecule has 2 nitrogen and oxygen atoms in total. The van der Waals surface area contributed by atoms with Gasteiger partial charge in [-0.25, -0.2) is 0 Å². The van der Waals surface area contributed by atoms with Gasteiger partial charge in [0.15, 0.2) is 0 Å². The Morgan fingerprint density at radius 2 is 1.11 bits per heavy atom. The average molecular weight is 575 g/mol. The fraction of sp³-hybridized carbons (Fsp3) is 0.0698. The molecular formula is C43H30N2. The summed E-state index contributed by atoms with van der Waals surface area (Å²) in [5.41, 5.74) is 12.8. The lowest BCUT2D eigenvalue weighted by Gasteiger charge is -2.25. The van der Waals surface area contributed by atoms with Crippen LogP contribution in [0.2, 0.25) is 0 Å². The number of benzene rings is 7. The standard InChI is InChI=1S/C43H30N2/c1-43(2)34-19-9-6-15-29(34)31-18-12-22-38(41(31)43)45-36-21-11-8-17-33(36)40-37(45)26-24-27-23-25-32-30-16-7-10-20-35(30)44(42(32)39(27)40)28-13-4-3-5-14-28/h3-26H,1-2H3. The van der Waals surface area contributed by atoms with Crippen LogP contribution in [0.15, 0.2) is 146 Å². The number of rotatable bonds is 2. The molecule has 0 bridgehead atoms. The van der Waals surface area contributed by atoms with Crippen LogP contribution in [-0.2, 0) is 5.41 Å². The molecule has 10 rings (SSSR count). The molecule has 0 amide bonds. The van der Waals surface area contributed by atoms with Crippen LogP contribution in [-0.4, -0.2) is 9.13 Å². The first kappa shape index (κ1) is 24.8. The Bertz CT molecular complexity index is 2670. The van der Waals surface area contributed by atoms with Crippen LogP contribution in [0.5, 0.6) is 0 Å². The van der Waals surface area contributed by atoms with Crippen molar-refractivity contribution in [1.29, 1.82) is 0 Å². The third-order valence-corrected chi connectivity index (χ3v) is 10.3. The molecule has 0 radical (unpaired) electrons. The summed E-state index contributed by atoms with van der Waals surface area (Å²) in [5.74, 6) is 0. The van der Waals surface area contributed by atoms with Crippen molar-refractivity contribution in [1.82, 2.24) is 9.13 Å². The third kappa shape index (κ3) is 3.13. The lowest BCUT2D eigenvalue weighted by atomic mass is 9.81. The zero-order chi connectivity index (χ0) is 29.9. The maximum Gasteiger partial charge on any atom is 0.0626 e. The van der Waals surface area contributed by atoms with E-state index in [1.807, 2.05) is 0 Å². The minimum absolute atomic E-state index is 0.121. The highest BCUT2D eigenvalue weighted by Crippen LogP contribution is 2.52. The first-order valence-corrected chi connectivity index (χ1v) is 15.8. The monoisotopic (exact) mass is 574 g/mol. The predicted molar refractivity (Wildman–Crippen MR) is 190 cm³/mol. The van der Waals surface area contributed by atoms with Gasteiger partial charge in [-0.1, -0.05) is 123 Å². The second-order valence-electron chi connectivity index (χ2n) is 12.9. The third-order valence-electron chi connectivity index (χ3n) is 10.3. The molecule has 2 aromatic heterocycles. The highest BCUT2D eigenvalue weighted by atomic mass is 15.0. The van der Waals surface area contributed by atoms with Crippen molar-refractivity contribution in [3.8, 4) is 22.5 Å². The van der Waals surface area contributed by atoms with Gasteiger partial charge in [0.05, 0.1) is 27.8 Å². The minimum Gasteiger partial charge on any atom is -0.309 e. The quantitative estimate of drug-likeness (QED) is 0.194. The summed E-state index contributed by atoms with van der Waals surface area (Å²) >= 11 is 0. The molecule has 0 unspecified atom stereocenters. The Kier molecular flexibility index (Phi) is 4.82. The van der Waals surface area contributed by atoms with Crippen molar-refractivity contribution in [2.75, 3.05) is 0 Å². The van der Waals surface area contributed by atoms with Gasteiger partial charge in [0.2, 0.25) is 0 Å². The second-order valence-corrected chi connectivity index (χ2v) is 12.9. The molecule has 0 aliphatic heterocycles. The molecule has 1 aliphatic rings. The van der Waals surface area contributed by atoms with Crippen molar-refractivity contribution in [2.24, 2.45) is 0 Å². The Balaban J connectivity index is 1.41. The molecule has 212 valence electrons. The Morgan fingerprint density at radius 1 is 0.444 bits per heavy atom. The topological polar surface area (TPSA) is 9.86 Å². The van der Waals surface area contributed by atoms with Gasteiger partial charge in [-0.2, -0.15) is 0 Å². The fourth-order valence-electron chi connectivity index (χ4n) is 8.43. The van der Waals surface area contributed by atoms with E-state index in [2.05, 4.69) is 169 Å². The minimum atomic E-state index is -0.121. The van der Waals surface area contributed by atoms with E-state index in [1.165, 1.54) is 88.0 Å². The lowest BCUT2D eigenvalue weighted by molar-refractivity contribution is 0.656. The summed E-state index contributed by atoms with van der Waals surface area (Å²) in [6.07, 6.45) is 0. The summed E-state index contributed by atoms with van der Waals surface area (Å²) in [6.45, 7) is 4.76. The van der Waals surface area contributed by atoms with Crippen LogP contribution in [0.25, 0.3) is 76.9 Å². The van der Waals surface area contributed by atoms with Crippen LogP contribution < -0.4 is 0 Å². The van der Waals surface area contributed by atoms with Gasteiger partial charge < -0.3 is 9.13 Å². The maximum absolute atomic E-state index is 2.53. The van der Waals surface area contributed by atoms with E-state index < -0.39 is 0 Å². The molecule has 2 heteroatoms. The molecule has 0 saturated heterocycles. The SMILES string of the molecule is CC1(C)c2ccccc2-c2cccc(-n3c4ccccc4c4c5c(ccc6c7ccccc7n(-c7ccccc7)c65)ccc43)c21. The predicted octanol–water partition coefficient (Wildman–Crippen LogP) is 11.3. The number of nitrogens with zero attached hydrogens (tertiary/aromatic N) is 2. The van der Waals surface area contributed by atoms with Gasteiger partial charge in [-0.15, -0.1) is 0 Å². The largest absolute Gasteiger partial charge is 0.309 e. The molecule has 0 fully saturated rings. The van der Waals surface area contributed by atoms with E-state index >= 15 is 0 Å². The fourth-order valence-corrected chi connectivity index (χ4v) is 8.43. The second kappa shape index (κ2) is 8.74. The van der Waals surface area contributed by atoms with Crippen molar-refractivity contribution in [3.05, 3.63) is 157 Å². The van der Waals surface area contributed by atoms with E-state index in [0.717, 1.165) is 0 Å². The number of hydrogen-bond acceptors (Lipinski definition) is 0. The summed E-state index contributed by atoms with van der Waals surface area (Å²) in [7, 11) is 0. The average Bonchev–Trinajstić information content (AvgIpc) is 3.69. The molecule has 0 saturated carbocycles. The number of hydrogen-bond donors (Lipinski definition) is 0. The Hall–Kier alpha value is -5.60.